The summed E-state index contributed by atoms with van der Waals surface area (Å²) in [7, 11) is 0. The molecule has 2 unspecified atom stereocenters. The number of benzene rings is 2. The Labute approximate surface area is 186 Å². The molecule has 1 aliphatic heterocycles. The third-order valence-electron chi connectivity index (χ3n) is 5.55. The summed E-state index contributed by atoms with van der Waals surface area (Å²) >= 11 is 5.79. The number of nitrogens with zero attached hydrogens (tertiary/aromatic N) is 3. The van der Waals surface area contributed by atoms with Gasteiger partial charge in [-0.25, -0.2) is 4.39 Å². The standard InChI is InChI=1S/C25H21FN4S/c1-17-7-4-10-20(15-17)30-24(23(28-25(30)31)21-11-2-3-13-27-21)22-12-6-14-29(22)19-9-5-8-18(26)16-19/h2-16,23-24H,1H3,(H,28,31). The largest absolute Gasteiger partial charge is 0.351 e. The first kappa shape index (κ1) is 19.5. The highest BCUT2D eigenvalue weighted by Gasteiger charge is 2.42. The fourth-order valence-corrected chi connectivity index (χ4v) is 4.55. The Bertz CT molecular complexity index is 1240. The van der Waals surface area contributed by atoms with Gasteiger partial charge in [-0.3, -0.25) is 4.98 Å². The number of halogens is 1. The van der Waals surface area contributed by atoms with E-state index in [2.05, 4.69) is 46.4 Å². The third kappa shape index (κ3) is 3.59. The summed E-state index contributed by atoms with van der Waals surface area (Å²) in [5, 5.41) is 4.11. The van der Waals surface area contributed by atoms with Crippen molar-refractivity contribution in [2.24, 2.45) is 0 Å². The second-order valence-electron chi connectivity index (χ2n) is 7.62. The maximum Gasteiger partial charge on any atom is 0.174 e. The van der Waals surface area contributed by atoms with E-state index in [4.69, 9.17) is 12.2 Å². The molecule has 4 nitrogen and oxygen atoms in total. The molecule has 5 rings (SSSR count). The molecule has 0 bridgehead atoms. The predicted octanol–water partition coefficient (Wildman–Crippen LogP) is 5.50. The van der Waals surface area contributed by atoms with Gasteiger partial charge < -0.3 is 14.8 Å². The molecule has 2 atom stereocenters. The lowest BCUT2D eigenvalue weighted by Crippen LogP contribution is -2.30. The number of anilines is 1. The number of nitrogens with one attached hydrogen (secondary N) is 1. The minimum absolute atomic E-state index is 0.156. The summed E-state index contributed by atoms with van der Waals surface area (Å²) in [6.07, 6.45) is 3.74. The van der Waals surface area contributed by atoms with Crippen molar-refractivity contribution in [1.29, 1.82) is 0 Å². The van der Waals surface area contributed by atoms with Crippen molar-refractivity contribution >= 4 is 23.0 Å². The second kappa shape index (κ2) is 7.96. The van der Waals surface area contributed by atoms with Gasteiger partial charge in [-0.2, -0.15) is 0 Å². The van der Waals surface area contributed by atoms with E-state index in [1.54, 1.807) is 12.3 Å². The van der Waals surface area contributed by atoms with Crippen LogP contribution in [0.5, 0.6) is 0 Å². The van der Waals surface area contributed by atoms with E-state index in [0.29, 0.717) is 5.11 Å². The van der Waals surface area contributed by atoms with Crippen LogP contribution in [0.2, 0.25) is 0 Å². The lowest BCUT2D eigenvalue weighted by Gasteiger charge is -2.29. The minimum atomic E-state index is -0.269. The average Bonchev–Trinajstić information content (AvgIpc) is 3.38. The van der Waals surface area contributed by atoms with Crippen molar-refractivity contribution in [2.45, 2.75) is 19.0 Å². The van der Waals surface area contributed by atoms with Crippen molar-refractivity contribution in [2.75, 3.05) is 4.90 Å². The van der Waals surface area contributed by atoms with E-state index < -0.39 is 0 Å². The Kier molecular flexibility index (Phi) is 5.00. The van der Waals surface area contributed by atoms with Crippen LogP contribution in [-0.2, 0) is 0 Å². The molecule has 31 heavy (non-hydrogen) atoms. The summed E-state index contributed by atoms with van der Waals surface area (Å²) in [6, 6.07) is 24.5. The number of rotatable bonds is 4. The van der Waals surface area contributed by atoms with Gasteiger partial charge in [-0.1, -0.05) is 24.3 Å². The summed E-state index contributed by atoms with van der Waals surface area (Å²) in [5.74, 6) is -0.269. The van der Waals surface area contributed by atoms with Crippen molar-refractivity contribution in [3.8, 4) is 5.69 Å². The molecule has 2 aromatic carbocycles. The molecular formula is C25H21FN4S. The van der Waals surface area contributed by atoms with E-state index in [-0.39, 0.29) is 17.9 Å². The number of aromatic nitrogens is 2. The van der Waals surface area contributed by atoms with Crippen LogP contribution in [0.1, 0.15) is 29.0 Å². The molecule has 2 aromatic heterocycles. The molecule has 0 radical (unpaired) electrons. The Balaban J connectivity index is 1.68. The zero-order valence-corrected chi connectivity index (χ0v) is 17.8. The van der Waals surface area contributed by atoms with Gasteiger partial charge in [0.2, 0.25) is 0 Å². The van der Waals surface area contributed by atoms with E-state index in [9.17, 15) is 4.39 Å². The Hall–Kier alpha value is -3.51. The fourth-order valence-electron chi connectivity index (χ4n) is 4.21. The number of pyridine rings is 1. The lowest BCUT2D eigenvalue weighted by molar-refractivity contribution is 0.549. The van der Waals surface area contributed by atoms with Gasteiger partial charge in [0, 0.05) is 29.5 Å². The van der Waals surface area contributed by atoms with Gasteiger partial charge >= 0.3 is 0 Å². The van der Waals surface area contributed by atoms with Crippen molar-refractivity contribution in [3.63, 3.8) is 0 Å². The molecule has 0 saturated carbocycles. The summed E-state index contributed by atoms with van der Waals surface area (Å²) in [6.45, 7) is 2.07. The number of hydrogen-bond acceptors (Lipinski definition) is 2. The van der Waals surface area contributed by atoms with Crippen LogP contribution in [-0.4, -0.2) is 14.7 Å². The van der Waals surface area contributed by atoms with E-state index in [1.165, 1.54) is 12.1 Å². The van der Waals surface area contributed by atoms with Gasteiger partial charge in [0.1, 0.15) is 11.9 Å². The maximum atomic E-state index is 14.0. The zero-order chi connectivity index (χ0) is 21.4. The first-order valence-corrected chi connectivity index (χ1v) is 10.5. The minimum Gasteiger partial charge on any atom is -0.351 e. The van der Waals surface area contributed by atoms with Gasteiger partial charge in [0.15, 0.2) is 5.11 Å². The van der Waals surface area contributed by atoms with Gasteiger partial charge in [0.25, 0.3) is 0 Å². The third-order valence-corrected chi connectivity index (χ3v) is 5.86. The first-order chi connectivity index (χ1) is 15.1. The van der Waals surface area contributed by atoms with Crippen molar-refractivity contribution in [3.05, 3.63) is 114 Å². The molecule has 1 fully saturated rings. The van der Waals surface area contributed by atoms with E-state index in [1.807, 2.05) is 47.2 Å². The van der Waals surface area contributed by atoms with Crippen molar-refractivity contribution in [1.82, 2.24) is 14.9 Å². The second-order valence-corrected chi connectivity index (χ2v) is 8.01. The monoisotopic (exact) mass is 428 g/mol. The van der Waals surface area contributed by atoms with Crippen LogP contribution >= 0.6 is 12.2 Å². The molecule has 6 heteroatoms. The number of hydrogen-bond donors (Lipinski definition) is 1. The predicted molar refractivity (Wildman–Crippen MR) is 125 cm³/mol. The highest BCUT2D eigenvalue weighted by Crippen LogP contribution is 2.42. The first-order valence-electron chi connectivity index (χ1n) is 10.1. The van der Waals surface area contributed by atoms with Gasteiger partial charge in [0.05, 0.1) is 11.7 Å². The molecule has 1 saturated heterocycles. The van der Waals surface area contributed by atoms with Crippen LogP contribution in [0.25, 0.3) is 5.69 Å². The number of aryl methyl sites for hydroxylation is 1. The summed E-state index contributed by atoms with van der Waals surface area (Å²) < 4.78 is 16.0. The van der Waals surface area contributed by atoms with Crippen LogP contribution < -0.4 is 10.2 Å². The van der Waals surface area contributed by atoms with Crippen molar-refractivity contribution < 1.29 is 4.39 Å². The molecule has 0 spiro atoms. The SMILES string of the molecule is Cc1cccc(N2C(=S)NC(c3ccccn3)C2c2cccn2-c2cccc(F)c2)c1. The quantitative estimate of drug-likeness (QED) is 0.435. The van der Waals surface area contributed by atoms with Crippen LogP contribution in [0.15, 0.2) is 91.3 Å². The molecule has 4 aromatic rings. The van der Waals surface area contributed by atoms with Crippen LogP contribution in [0.3, 0.4) is 0 Å². The molecule has 0 amide bonds. The molecular weight excluding hydrogens is 407 g/mol. The molecule has 1 N–H and O–H groups in total. The number of thiocarbonyl (C=S) groups is 1. The maximum absolute atomic E-state index is 14.0. The van der Waals surface area contributed by atoms with Gasteiger partial charge in [-0.15, -0.1) is 0 Å². The summed E-state index contributed by atoms with van der Waals surface area (Å²) in [4.78, 5) is 6.73. The topological polar surface area (TPSA) is 33.1 Å². The van der Waals surface area contributed by atoms with Crippen LogP contribution in [0, 0.1) is 12.7 Å². The normalized spacial score (nSPS) is 18.3. The smallest absolute Gasteiger partial charge is 0.174 e. The Morgan fingerprint density at radius 1 is 0.935 bits per heavy atom. The molecule has 1 aliphatic rings. The lowest BCUT2D eigenvalue weighted by atomic mass is 10.0. The summed E-state index contributed by atoms with van der Waals surface area (Å²) in [5.41, 5.74) is 4.82. The molecule has 154 valence electrons. The zero-order valence-electron chi connectivity index (χ0n) is 16.9. The average molecular weight is 429 g/mol. The highest BCUT2D eigenvalue weighted by atomic mass is 32.1. The van der Waals surface area contributed by atoms with Gasteiger partial charge in [-0.05, 0) is 79.3 Å². The molecule has 3 heterocycles. The Morgan fingerprint density at radius 2 is 1.77 bits per heavy atom. The van der Waals surface area contributed by atoms with E-state index in [0.717, 1.165) is 28.3 Å². The highest BCUT2D eigenvalue weighted by molar-refractivity contribution is 7.80. The fraction of sp³-hybridized carbons (Fsp3) is 0.120. The van der Waals surface area contributed by atoms with E-state index >= 15 is 0 Å². The molecule has 0 aliphatic carbocycles. The Morgan fingerprint density at radius 3 is 2.55 bits per heavy atom. The van der Waals surface area contributed by atoms with Crippen LogP contribution in [0.4, 0.5) is 10.1 Å².